The fourth-order valence-corrected chi connectivity index (χ4v) is 4.00. The molecule has 0 saturated carbocycles. The number of thioether (sulfide) groups is 1. The first-order valence-corrected chi connectivity index (χ1v) is 10.3. The van der Waals surface area contributed by atoms with Crippen molar-refractivity contribution in [2.75, 3.05) is 18.1 Å². The van der Waals surface area contributed by atoms with E-state index < -0.39 is 21.5 Å². The van der Waals surface area contributed by atoms with E-state index in [1.54, 1.807) is 11.8 Å². The lowest BCUT2D eigenvalue weighted by Gasteiger charge is -2.07. The molecule has 0 radical (unpaired) electrons. The maximum Gasteiger partial charge on any atom is 0.235 e. The molecular formula is C17H18ClNO3S2. The van der Waals surface area contributed by atoms with E-state index >= 15 is 0 Å². The van der Waals surface area contributed by atoms with Crippen molar-refractivity contribution >= 4 is 39.1 Å². The monoisotopic (exact) mass is 383 g/mol. The predicted octanol–water partition coefficient (Wildman–Crippen LogP) is 3.33. The SMILES string of the molecule is Cc1ccc(SCCNC(=O)CS(=O)(=O)c2ccc(Cl)cc2)cc1. The van der Waals surface area contributed by atoms with E-state index in [2.05, 4.69) is 5.32 Å². The molecule has 0 aliphatic rings. The molecule has 7 heteroatoms. The molecule has 1 amide bonds. The molecule has 24 heavy (non-hydrogen) atoms. The molecule has 1 N–H and O–H groups in total. The Labute approximate surface area is 151 Å². The van der Waals surface area contributed by atoms with Crippen LogP contribution in [0.15, 0.2) is 58.3 Å². The van der Waals surface area contributed by atoms with Crippen LogP contribution in [0.4, 0.5) is 0 Å². The highest BCUT2D eigenvalue weighted by atomic mass is 35.5. The number of nitrogens with one attached hydrogen (secondary N) is 1. The van der Waals surface area contributed by atoms with Gasteiger partial charge < -0.3 is 5.32 Å². The van der Waals surface area contributed by atoms with Gasteiger partial charge in [0, 0.05) is 22.2 Å². The van der Waals surface area contributed by atoms with Gasteiger partial charge in [-0.15, -0.1) is 11.8 Å². The number of aryl methyl sites for hydroxylation is 1. The number of amides is 1. The molecule has 0 heterocycles. The average Bonchev–Trinajstić information content (AvgIpc) is 2.53. The summed E-state index contributed by atoms with van der Waals surface area (Å²) < 4.78 is 24.3. The first kappa shape index (κ1) is 18.8. The van der Waals surface area contributed by atoms with Crippen molar-refractivity contribution in [2.24, 2.45) is 0 Å². The highest BCUT2D eigenvalue weighted by Gasteiger charge is 2.18. The Morgan fingerprint density at radius 1 is 1.08 bits per heavy atom. The Kier molecular flexibility index (Phi) is 6.71. The van der Waals surface area contributed by atoms with Crippen LogP contribution in [-0.2, 0) is 14.6 Å². The standard InChI is InChI=1S/C17H18ClNO3S2/c1-13-2-6-15(7-3-13)23-11-10-19-17(20)12-24(21,22)16-8-4-14(18)5-9-16/h2-9H,10-12H2,1H3,(H,19,20). The molecule has 0 fully saturated rings. The van der Waals surface area contributed by atoms with Crippen LogP contribution in [0, 0.1) is 6.92 Å². The van der Waals surface area contributed by atoms with Gasteiger partial charge in [-0.2, -0.15) is 0 Å². The van der Waals surface area contributed by atoms with Gasteiger partial charge in [-0.25, -0.2) is 8.42 Å². The van der Waals surface area contributed by atoms with Crippen LogP contribution in [0.25, 0.3) is 0 Å². The van der Waals surface area contributed by atoms with Crippen LogP contribution < -0.4 is 5.32 Å². The zero-order valence-corrected chi connectivity index (χ0v) is 15.5. The second-order valence-corrected chi connectivity index (χ2v) is 8.82. The maximum absolute atomic E-state index is 12.1. The van der Waals surface area contributed by atoms with Gasteiger partial charge in [0.05, 0.1) is 4.90 Å². The van der Waals surface area contributed by atoms with Gasteiger partial charge in [0.15, 0.2) is 9.84 Å². The molecule has 2 rings (SSSR count). The van der Waals surface area contributed by atoms with Crippen molar-refractivity contribution in [3.05, 3.63) is 59.1 Å². The van der Waals surface area contributed by atoms with E-state index in [1.165, 1.54) is 29.8 Å². The number of hydrogen-bond donors (Lipinski definition) is 1. The Morgan fingerprint density at radius 2 is 1.71 bits per heavy atom. The minimum Gasteiger partial charge on any atom is -0.354 e. The Bertz CT molecular complexity index is 788. The number of benzene rings is 2. The zero-order chi connectivity index (χ0) is 17.6. The fraction of sp³-hybridized carbons (Fsp3) is 0.235. The number of hydrogen-bond acceptors (Lipinski definition) is 4. The fourth-order valence-electron chi connectivity index (χ4n) is 1.94. The van der Waals surface area contributed by atoms with Crippen LogP contribution >= 0.6 is 23.4 Å². The van der Waals surface area contributed by atoms with Gasteiger partial charge in [-0.1, -0.05) is 29.3 Å². The normalized spacial score (nSPS) is 11.2. The summed E-state index contributed by atoms with van der Waals surface area (Å²) in [6.45, 7) is 2.43. The summed E-state index contributed by atoms with van der Waals surface area (Å²) in [6.07, 6.45) is 0. The van der Waals surface area contributed by atoms with Gasteiger partial charge in [0.2, 0.25) is 5.91 Å². The van der Waals surface area contributed by atoms with E-state index in [-0.39, 0.29) is 4.90 Å². The second-order valence-electron chi connectivity index (χ2n) is 5.22. The molecule has 2 aromatic carbocycles. The lowest BCUT2D eigenvalue weighted by Crippen LogP contribution is -2.31. The molecule has 0 aliphatic carbocycles. The summed E-state index contributed by atoms with van der Waals surface area (Å²) in [7, 11) is -3.65. The second kappa shape index (κ2) is 8.55. The van der Waals surface area contributed by atoms with E-state index in [9.17, 15) is 13.2 Å². The number of carbonyl (C=O) groups excluding carboxylic acids is 1. The molecule has 0 spiro atoms. The summed E-state index contributed by atoms with van der Waals surface area (Å²) in [5.41, 5.74) is 1.19. The third-order valence-electron chi connectivity index (χ3n) is 3.21. The van der Waals surface area contributed by atoms with E-state index in [0.29, 0.717) is 17.3 Å². The average molecular weight is 384 g/mol. The molecular weight excluding hydrogens is 366 g/mol. The van der Waals surface area contributed by atoms with Gasteiger partial charge in [-0.3, -0.25) is 4.79 Å². The zero-order valence-electron chi connectivity index (χ0n) is 13.2. The summed E-state index contributed by atoms with van der Waals surface area (Å²) >= 11 is 7.34. The van der Waals surface area contributed by atoms with Gasteiger partial charge in [-0.05, 0) is 43.3 Å². The van der Waals surface area contributed by atoms with Crippen LogP contribution in [-0.4, -0.2) is 32.4 Å². The minimum absolute atomic E-state index is 0.0936. The van der Waals surface area contributed by atoms with Gasteiger partial charge in [0.1, 0.15) is 5.75 Å². The van der Waals surface area contributed by atoms with Crippen LogP contribution in [0.5, 0.6) is 0 Å². The molecule has 0 aromatic heterocycles. The third kappa shape index (κ3) is 5.85. The van der Waals surface area contributed by atoms with Gasteiger partial charge in [0.25, 0.3) is 0 Å². The smallest absolute Gasteiger partial charge is 0.235 e. The van der Waals surface area contributed by atoms with E-state index in [4.69, 9.17) is 11.6 Å². The molecule has 0 atom stereocenters. The van der Waals surface area contributed by atoms with Crippen molar-refractivity contribution in [2.45, 2.75) is 16.7 Å². The topological polar surface area (TPSA) is 63.2 Å². The Hall–Kier alpha value is -1.50. The van der Waals surface area contributed by atoms with Crippen LogP contribution in [0.1, 0.15) is 5.56 Å². The van der Waals surface area contributed by atoms with E-state index in [0.717, 1.165) is 4.90 Å². The van der Waals surface area contributed by atoms with Gasteiger partial charge >= 0.3 is 0 Å². The predicted molar refractivity (Wildman–Crippen MR) is 98.4 cm³/mol. The molecule has 0 unspecified atom stereocenters. The molecule has 0 saturated heterocycles. The molecule has 4 nitrogen and oxygen atoms in total. The summed E-state index contributed by atoms with van der Waals surface area (Å²) in [6, 6.07) is 13.9. The lowest BCUT2D eigenvalue weighted by atomic mass is 10.2. The van der Waals surface area contributed by atoms with Crippen molar-refractivity contribution < 1.29 is 13.2 Å². The molecule has 0 bridgehead atoms. The number of rotatable bonds is 7. The summed E-state index contributed by atoms with van der Waals surface area (Å²) in [5, 5.41) is 3.09. The molecule has 2 aromatic rings. The largest absolute Gasteiger partial charge is 0.354 e. The Balaban J connectivity index is 1.78. The van der Waals surface area contributed by atoms with E-state index in [1.807, 2.05) is 31.2 Å². The van der Waals surface area contributed by atoms with Crippen LogP contribution in [0.3, 0.4) is 0 Å². The lowest BCUT2D eigenvalue weighted by molar-refractivity contribution is -0.118. The van der Waals surface area contributed by atoms with Crippen molar-refractivity contribution in [3.8, 4) is 0 Å². The molecule has 128 valence electrons. The number of carbonyl (C=O) groups is 1. The summed E-state index contributed by atoms with van der Waals surface area (Å²) in [5.74, 6) is -0.394. The highest BCUT2D eigenvalue weighted by Crippen LogP contribution is 2.17. The van der Waals surface area contributed by atoms with Crippen molar-refractivity contribution in [1.29, 1.82) is 0 Å². The minimum atomic E-state index is -3.65. The maximum atomic E-state index is 12.1. The Morgan fingerprint density at radius 3 is 2.33 bits per heavy atom. The number of sulfone groups is 1. The quantitative estimate of drug-likeness (QED) is 0.588. The van der Waals surface area contributed by atoms with Crippen molar-refractivity contribution in [1.82, 2.24) is 5.32 Å². The first-order chi connectivity index (χ1) is 11.4. The molecule has 0 aliphatic heterocycles. The third-order valence-corrected chi connectivity index (χ3v) is 6.11. The number of halogens is 1. The first-order valence-electron chi connectivity index (χ1n) is 7.31. The summed E-state index contributed by atoms with van der Waals surface area (Å²) in [4.78, 5) is 13.0. The highest BCUT2D eigenvalue weighted by molar-refractivity contribution is 7.99. The van der Waals surface area contributed by atoms with Crippen LogP contribution in [0.2, 0.25) is 5.02 Å². The van der Waals surface area contributed by atoms with Crippen molar-refractivity contribution in [3.63, 3.8) is 0 Å².